The number of aryl methyl sites for hydroxylation is 1. The number of pyridine rings is 1. The van der Waals surface area contributed by atoms with Gasteiger partial charge in [0.05, 0.1) is 23.0 Å². The van der Waals surface area contributed by atoms with E-state index in [1.54, 1.807) is 6.20 Å². The summed E-state index contributed by atoms with van der Waals surface area (Å²) >= 11 is 1.45. The summed E-state index contributed by atoms with van der Waals surface area (Å²) in [5.74, 6) is -0.0638. The fourth-order valence-electron chi connectivity index (χ4n) is 6.01. The van der Waals surface area contributed by atoms with Crippen molar-refractivity contribution < 1.29 is 14.3 Å². The maximum atomic E-state index is 13.6. The molecule has 48 heavy (non-hydrogen) atoms. The first-order valence-corrected chi connectivity index (χ1v) is 16.8. The summed E-state index contributed by atoms with van der Waals surface area (Å²) in [4.78, 5) is 38.8. The smallest absolute Gasteiger partial charge is 0.358 e. The summed E-state index contributed by atoms with van der Waals surface area (Å²) in [6, 6.07) is 25.8. The molecule has 10 heteroatoms. The van der Waals surface area contributed by atoms with Gasteiger partial charge in [-0.15, -0.1) is 0 Å². The SMILES string of the molecule is Cc1cccc(Cn2cc(-c3ccc(N4CCc5cccc(C(=O)Nc6nc7ccccc7s6)c5C4)nc3C(=O)OC(C)(C)C)cn2)c1. The average Bonchev–Trinajstić information content (AvgIpc) is 3.69. The van der Waals surface area contributed by atoms with Crippen LogP contribution in [0.5, 0.6) is 0 Å². The first kappa shape index (κ1) is 31.3. The number of nitrogens with one attached hydrogen (secondary N) is 1. The van der Waals surface area contributed by atoms with Crippen LogP contribution in [-0.2, 0) is 24.2 Å². The Balaban J connectivity index is 1.17. The summed E-state index contributed by atoms with van der Waals surface area (Å²) in [5, 5.41) is 8.15. The molecule has 0 saturated carbocycles. The zero-order valence-corrected chi connectivity index (χ0v) is 28.2. The van der Waals surface area contributed by atoms with E-state index >= 15 is 0 Å². The minimum atomic E-state index is -0.697. The fraction of sp³-hybridized carbons (Fsp3) is 0.237. The van der Waals surface area contributed by atoms with Crippen LogP contribution in [-0.4, -0.2) is 43.8 Å². The molecule has 1 aliphatic rings. The number of esters is 1. The van der Waals surface area contributed by atoms with Crippen molar-refractivity contribution in [1.29, 1.82) is 0 Å². The molecule has 1 aliphatic heterocycles. The van der Waals surface area contributed by atoms with Crippen LogP contribution < -0.4 is 10.2 Å². The Kier molecular flexibility index (Phi) is 8.26. The number of carbonyl (C=O) groups is 2. The lowest BCUT2D eigenvalue weighted by Gasteiger charge is -2.31. The molecule has 9 nitrogen and oxygen atoms in total. The highest BCUT2D eigenvalue weighted by atomic mass is 32.1. The van der Waals surface area contributed by atoms with Crippen LogP contribution in [0.15, 0.2) is 91.3 Å². The number of hydrogen-bond acceptors (Lipinski definition) is 8. The minimum Gasteiger partial charge on any atom is -0.455 e. The van der Waals surface area contributed by atoms with Crippen LogP contribution in [0.25, 0.3) is 21.3 Å². The van der Waals surface area contributed by atoms with Crippen molar-refractivity contribution in [2.24, 2.45) is 0 Å². The maximum Gasteiger partial charge on any atom is 0.358 e. The first-order valence-electron chi connectivity index (χ1n) is 15.9. The Labute approximate surface area is 283 Å². The zero-order chi connectivity index (χ0) is 33.4. The summed E-state index contributed by atoms with van der Waals surface area (Å²) in [5.41, 5.74) is 6.79. The molecule has 3 aromatic heterocycles. The lowest BCUT2D eigenvalue weighted by molar-refractivity contribution is 0.00638. The number of nitrogens with zero attached hydrogens (tertiary/aromatic N) is 5. The van der Waals surface area contributed by atoms with Crippen LogP contribution in [0.4, 0.5) is 10.9 Å². The fourth-order valence-corrected chi connectivity index (χ4v) is 6.87. The van der Waals surface area contributed by atoms with Crippen molar-refractivity contribution in [1.82, 2.24) is 19.7 Å². The molecule has 1 amide bonds. The van der Waals surface area contributed by atoms with E-state index in [4.69, 9.17) is 9.72 Å². The highest BCUT2D eigenvalue weighted by Crippen LogP contribution is 2.32. The molecular weight excluding hydrogens is 621 g/mol. The van der Waals surface area contributed by atoms with Crippen molar-refractivity contribution in [3.8, 4) is 11.1 Å². The molecule has 6 aromatic rings. The number of benzene rings is 3. The monoisotopic (exact) mass is 656 g/mol. The molecule has 0 radical (unpaired) electrons. The van der Waals surface area contributed by atoms with Crippen LogP contribution in [0, 0.1) is 6.92 Å². The summed E-state index contributed by atoms with van der Waals surface area (Å²) in [6.07, 6.45) is 4.42. The molecule has 7 rings (SSSR count). The van der Waals surface area contributed by atoms with Crippen LogP contribution in [0.3, 0.4) is 0 Å². The molecule has 0 saturated heterocycles. The van der Waals surface area contributed by atoms with Crippen molar-refractivity contribution in [3.63, 3.8) is 0 Å². The van der Waals surface area contributed by atoms with Gasteiger partial charge in [0.15, 0.2) is 10.8 Å². The van der Waals surface area contributed by atoms with Gasteiger partial charge in [-0.1, -0.05) is 65.4 Å². The van der Waals surface area contributed by atoms with Gasteiger partial charge >= 0.3 is 5.97 Å². The van der Waals surface area contributed by atoms with E-state index in [2.05, 4.69) is 51.5 Å². The Morgan fingerprint density at radius 2 is 1.81 bits per heavy atom. The van der Waals surface area contributed by atoms with Crippen molar-refractivity contribution in [3.05, 3.63) is 125 Å². The molecule has 1 N–H and O–H groups in total. The number of thiazole rings is 1. The van der Waals surface area contributed by atoms with Gasteiger partial charge in [-0.05, 0) is 81.1 Å². The van der Waals surface area contributed by atoms with Crippen molar-refractivity contribution in [2.45, 2.75) is 52.8 Å². The molecular formula is C38H36N6O3S. The standard InChI is InChI=1S/C38H36N6O3S/c1-24-9-7-10-25(19-24)21-44-22-27(20-39-44)28-15-16-33(41-34(28)36(46)47-38(2,3)4)43-18-17-26-11-8-12-29(30(26)23-43)35(45)42-37-40-31-13-5-6-14-32(31)48-37/h5-16,19-20,22H,17-18,21,23H2,1-4H3,(H,40,42,45). The molecule has 0 spiro atoms. The van der Waals surface area contributed by atoms with E-state index in [1.807, 2.05) is 86.2 Å². The Hall–Kier alpha value is -5.35. The average molecular weight is 657 g/mol. The van der Waals surface area contributed by atoms with Gasteiger partial charge in [0.2, 0.25) is 0 Å². The molecule has 0 unspecified atom stereocenters. The highest BCUT2D eigenvalue weighted by molar-refractivity contribution is 7.22. The highest BCUT2D eigenvalue weighted by Gasteiger charge is 2.27. The minimum absolute atomic E-state index is 0.201. The largest absolute Gasteiger partial charge is 0.455 e. The number of amides is 1. The second-order valence-corrected chi connectivity index (χ2v) is 14.1. The van der Waals surface area contributed by atoms with Gasteiger partial charge < -0.3 is 9.64 Å². The lowest BCUT2D eigenvalue weighted by Crippen LogP contribution is -2.33. The molecule has 0 atom stereocenters. The summed E-state index contributed by atoms with van der Waals surface area (Å²) in [7, 11) is 0. The van der Waals surface area contributed by atoms with E-state index in [-0.39, 0.29) is 11.6 Å². The van der Waals surface area contributed by atoms with Crippen LogP contribution in [0.1, 0.15) is 63.9 Å². The van der Waals surface area contributed by atoms with E-state index in [0.29, 0.717) is 41.7 Å². The van der Waals surface area contributed by atoms with E-state index in [0.717, 1.165) is 38.9 Å². The Morgan fingerprint density at radius 3 is 2.62 bits per heavy atom. The van der Waals surface area contributed by atoms with Crippen LogP contribution in [0.2, 0.25) is 0 Å². The molecule has 0 aliphatic carbocycles. The number of anilines is 2. The molecule has 3 aromatic carbocycles. The van der Waals surface area contributed by atoms with Gasteiger partial charge in [0.1, 0.15) is 11.4 Å². The number of fused-ring (bicyclic) bond motifs is 2. The van der Waals surface area contributed by atoms with E-state index in [1.165, 1.54) is 16.9 Å². The predicted molar refractivity (Wildman–Crippen MR) is 190 cm³/mol. The van der Waals surface area contributed by atoms with Gasteiger partial charge in [0, 0.05) is 36.0 Å². The topological polar surface area (TPSA) is 102 Å². The maximum absolute atomic E-state index is 13.6. The lowest BCUT2D eigenvalue weighted by atomic mass is 9.94. The second kappa shape index (κ2) is 12.7. The number of carbonyl (C=O) groups excluding carboxylic acids is 2. The third kappa shape index (κ3) is 6.70. The molecule has 242 valence electrons. The van der Waals surface area contributed by atoms with Gasteiger partial charge in [-0.25, -0.2) is 14.8 Å². The number of aromatic nitrogens is 4. The summed E-state index contributed by atoms with van der Waals surface area (Å²) in [6.45, 7) is 9.36. The summed E-state index contributed by atoms with van der Waals surface area (Å²) < 4.78 is 8.70. The Bertz CT molecular complexity index is 2130. The predicted octanol–water partition coefficient (Wildman–Crippen LogP) is 7.68. The molecule has 0 bridgehead atoms. The number of rotatable bonds is 7. The van der Waals surface area contributed by atoms with Gasteiger partial charge in [-0.3, -0.25) is 14.8 Å². The number of para-hydroxylation sites is 1. The van der Waals surface area contributed by atoms with E-state index in [9.17, 15) is 9.59 Å². The number of hydrogen-bond donors (Lipinski definition) is 1. The van der Waals surface area contributed by atoms with Crippen LogP contribution >= 0.6 is 11.3 Å². The third-order valence-electron chi connectivity index (χ3n) is 8.20. The first-order chi connectivity index (χ1) is 23.1. The van der Waals surface area contributed by atoms with Gasteiger partial charge in [-0.2, -0.15) is 5.10 Å². The Morgan fingerprint density at radius 1 is 0.979 bits per heavy atom. The van der Waals surface area contributed by atoms with Crippen molar-refractivity contribution in [2.75, 3.05) is 16.8 Å². The normalized spacial score (nSPS) is 13.0. The van der Waals surface area contributed by atoms with E-state index < -0.39 is 11.6 Å². The number of ether oxygens (including phenoxy) is 1. The quantitative estimate of drug-likeness (QED) is 0.176. The van der Waals surface area contributed by atoms with Crippen molar-refractivity contribution >= 4 is 44.4 Å². The zero-order valence-electron chi connectivity index (χ0n) is 27.4. The second-order valence-electron chi connectivity index (χ2n) is 13.0. The third-order valence-corrected chi connectivity index (χ3v) is 9.15. The molecule has 4 heterocycles. The van der Waals surface area contributed by atoms with Gasteiger partial charge in [0.25, 0.3) is 5.91 Å². The molecule has 0 fully saturated rings.